The summed E-state index contributed by atoms with van der Waals surface area (Å²) >= 11 is 0. The van der Waals surface area contributed by atoms with Crippen molar-refractivity contribution in [3.05, 3.63) is 89.5 Å². The van der Waals surface area contributed by atoms with Crippen molar-refractivity contribution >= 4 is 46.1 Å². The lowest BCUT2D eigenvalue weighted by Crippen LogP contribution is -2.34. The molecule has 8 heteroatoms. The summed E-state index contributed by atoms with van der Waals surface area (Å²) in [4.78, 5) is 40.2. The van der Waals surface area contributed by atoms with Gasteiger partial charge in [-0.15, -0.1) is 0 Å². The van der Waals surface area contributed by atoms with Crippen LogP contribution in [-0.4, -0.2) is 55.5 Å². The van der Waals surface area contributed by atoms with Gasteiger partial charge in [-0.05, 0) is 56.1 Å². The molecule has 0 fully saturated rings. The van der Waals surface area contributed by atoms with Gasteiger partial charge in [0.25, 0.3) is 5.91 Å². The number of hydrogen-bond donors (Lipinski definition) is 3. The Labute approximate surface area is 203 Å². The standard InChI is InChI=1S/C27H26N4O4/c1-30(2)16-23(32)31(3)20-12-10-19(11-13-20)28-25(17-7-5-4-6-8-17)24-21-14-9-18(27(34)35)15-22(21)29-26(24)33/h4-15,28H,16H2,1-3H3,(H,29,33)(H,34,35)/b25-24-. The van der Waals surface area contributed by atoms with Gasteiger partial charge in [0.1, 0.15) is 0 Å². The number of amides is 2. The lowest BCUT2D eigenvalue weighted by molar-refractivity contribution is -0.119. The van der Waals surface area contributed by atoms with Gasteiger partial charge in [0.2, 0.25) is 5.91 Å². The van der Waals surface area contributed by atoms with Crippen LogP contribution in [0, 0.1) is 0 Å². The van der Waals surface area contributed by atoms with E-state index < -0.39 is 5.97 Å². The maximum Gasteiger partial charge on any atom is 0.335 e. The minimum absolute atomic E-state index is 0.0252. The highest BCUT2D eigenvalue weighted by Crippen LogP contribution is 2.38. The Kier molecular flexibility index (Phi) is 6.66. The zero-order valence-corrected chi connectivity index (χ0v) is 19.7. The number of aromatic carboxylic acids is 1. The average Bonchev–Trinajstić information content (AvgIpc) is 3.17. The van der Waals surface area contributed by atoms with Crippen LogP contribution in [0.2, 0.25) is 0 Å². The van der Waals surface area contributed by atoms with Gasteiger partial charge in [-0.25, -0.2) is 4.79 Å². The Morgan fingerprint density at radius 3 is 2.23 bits per heavy atom. The fourth-order valence-corrected chi connectivity index (χ4v) is 3.87. The number of likely N-dealkylation sites (N-methyl/N-ethyl adjacent to an activating group) is 2. The number of rotatable bonds is 7. The molecule has 1 aliphatic rings. The number of fused-ring (bicyclic) bond motifs is 1. The average molecular weight is 471 g/mol. The second kappa shape index (κ2) is 9.82. The highest BCUT2D eigenvalue weighted by atomic mass is 16.4. The maximum atomic E-state index is 13.0. The van der Waals surface area contributed by atoms with Crippen LogP contribution in [0.15, 0.2) is 72.8 Å². The number of nitrogens with zero attached hydrogens (tertiary/aromatic N) is 2. The zero-order chi connectivity index (χ0) is 25.1. The largest absolute Gasteiger partial charge is 0.478 e. The number of anilines is 3. The van der Waals surface area contributed by atoms with Crippen molar-refractivity contribution in [3.8, 4) is 0 Å². The number of hydrogen-bond acceptors (Lipinski definition) is 5. The van der Waals surface area contributed by atoms with Gasteiger partial charge in [0.05, 0.1) is 29.1 Å². The molecule has 3 N–H and O–H groups in total. The Morgan fingerprint density at radius 1 is 0.914 bits per heavy atom. The van der Waals surface area contributed by atoms with Crippen LogP contribution in [-0.2, 0) is 9.59 Å². The van der Waals surface area contributed by atoms with E-state index >= 15 is 0 Å². The topological polar surface area (TPSA) is 102 Å². The Hall–Kier alpha value is -4.43. The molecule has 1 aliphatic heterocycles. The number of carbonyl (C=O) groups is 3. The third-order valence-corrected chi connectivity index (χ3v) is 5.67. The van der Waals surface area contributed by atoms with Gasteiger partial charge >= 0.3 is 5.97 Å². The summed E-state index contributed by atoms with van der Waals surface area (Å²) < 4.78 is 0. The summed E-state index contributed by atoms with van der Waals surface area (Å²) in [7, 11) is 5.42. The molecular formula is C27H26N4O4. The number of carbonyl (C=O) groups excluding carboxylic acids is 2. The molecule has 0 atom stereocenters. The number of carboxylic acids is 1. The van der Waals surface area contributed by atoms with E-state index in [9.17, 15) is 19.5 Å². The molecule has 4 rings (SSSR count). The Bertz CT molecular complexity index is 1310. The van der Waals surface area contributed by atoms with Crippen LogP contribution >= 0.6 is 0 Å². The Balaban J connectivity index is 1.71. The van der Waals surface area contributed by atoms with Crippen molar-refractivity contribution in [1.29, 1.82) is 0 Å². The minimum atomic E-state index is -1.06. The first-order chi connectivity index (χ1) is 16.7. The fourth-order valence-electron chi connectivity index (χ4n) is 3.87. The highest BCUT2D eigenvalue weighted by molar-refractivity contribution is 6.37. The number of nitrogens with one attached hydrogen (secondary N) is 2. The zero-order valence-electron chi connectivity index (χ0n) is 19.7. The van der Waals surface area contributed by atoms with Crippen LogP contribution in [0.25, 0.3) is 11.3 Å². The van der Waals surface area contributed by atoms with E-state index in [-0.39, 0.29) is 17.4 Å². The van der Waals surface area contributed by atoms with Crippen LogP contribution in [0.3, 0.4) is 0 Å². The van der Waals surface area contributed by atoms with E-state index in [1.54, 1.807) is 18.0 Å². The van der Waals surface area contributed by atoms with Crippen molar-refractivity contribution in [3.63, 3.8) is 0 Å². The fraction of sp³-hybridized carbons (Fsp3) is 0.148. The molecule has 3 aromatic rings. The molecule has 8 nitrogen and oxygen atoms in total. The molecule has 0 bridgehead atoms. The molecule has 3 aromatic carbocycles. The van der Waals surface area contributed by atoms with Gasteiger partial charge in [-0.1, -0.05) is 36.4 Å². The van der Waals surface area contributed by atoms with E-state index in [0.29, 0.717) is 29.1 Å². The van der Waals surface area contributed by atoms with Gasteiger partial charge in [-0.3, -0.25) is 9.59 Å². The van der Waals surface area contributed by atoms with Gasteiger partial charge < -0.3 is 25.5 Å². The molecule has 0 unspecified atom stereocenters. The predicted molar refractivity (Wildman–Crippen MR) is 137 cm³/mol. The third-order valence-electron chi connectivity index (χ3n) is 5.67. The van der Waals surface area contributed by atoms with Gasteiger partial charge in [0.15, 0.2) is 0 Å². The normalized spacial score (nSPS) is 13.8. The van der Waals surface area contributed by atoms with Gasteiger partial charge in [-0.2, -0.15) is 0 Å². The molecule has 0 aliphatic carbocycles. The summed E-state index contributed by atoms with van der Waals surface area (Å²) in [6.45, 7) is 0.304. The molecule has 1 heterocycles. The van der Waals surface area contributed by atoms with Crippen molar-refractivity contribution in [2.75, 3.05) is 43.2 Å². The molecule has 0 aromatic heterocycles. The van der Waals surface area contributed by atoms with Crippen LogP contribution in [0.4, 0.5) is 17.1 Å². The lowest BCUT2D eigenvalue weighted by atomic mass is 9.99. The van der Waals surface area contributed by atoms with Crippen molar-refractivity contribution in [2.24, 2.45) is 0 Å². The SMILES string of the molecule is CN(C)CC(=O)N(C)c1ccc(N/C(=C2\C(=O)Nc3cc(C(=O)O)ccc32)c2ccccc2)cc1. The molecule has 0 radical (unpaired) electrons. The summed E-state index contributed by atoms with van der Waals surface area (Å²) in [6, 6.07) is 21.4. The molecule has 0 saturated heterocycles. The maximum absolute atomic E-state index is 13.0. The predicted octanol–water partition coefficient (Wildman–Crippen LogP) is 3.84. The van der Waals surface area contributed by atoms with Crippen LogP contribution in [0.1, 0.15) is 21.5 Å². The summed E-state index contributed by atoms with van der Waals surface area (Å²) in [5, 5.41) is 15.5. The van der Waals surface area contributed by atoms with Crippen LogP contribution in [0.5, 0.6) is 0 Å². The molecule has 35 heavy (non-hydrogen) atoms. The first-order valence-corrected chi connectivity index (χ1v) is 11.0. The van der Waals surface area contributed by atoms with Crippen molar-refractivity contribution in [2.45, 2.75) is 0 Å². The summed E-state index contributed by atoms with van der Waals surface area (Å²) in [6.07, 6.45) is 0. The summed E-state index contributed by atoms with van der Waals surface area (Å²) in [5.41, 5.74) is 4.48. The van der Waals surface area contributed by atoms with Crippen molar-refractivity contribution in [1.82, 2.24) is 4.90 Å². The molecule has 178 valence electrons. The number of carboxylic acid groups (broad SMARTS) is 1. The second-order valence-electron chi connectivity index (χ2n) is 8.50. The monoisotopic (exact) mass is 470 g/mol. The highest BCUT2D eigenvalue weighted by Gasteiger charge is 2.29. The first kappa shape index (κ1) is 23.7. The summed E-state index contributed by atoms with van der Waals surface area (Å²) in [5.74, 6) is -1.41. The lowest BCUT2D eigenvalue weighted by Gasteiger charge is -2.20. The van der Waals surface area contributed by atoms with Gasteiger partial charge in [0, 0.05) is 24.0 Å². The van der Waals surface area contributed by atoms with E-state index in [1.807, 2.05) is 73.6 Å². The first-order valence-electron chi connectivity index (χ1n) is 11.0. The molecule has 0 spiro atoms. The minimum Gasteiger partial charge on any atom is -0.478 e. The quantitative estimate of drug-likeness (QED) is 0.454. The molecule has 2 amide bonds. The van der Waals surface area contributed by atoms with E-state index in [0.717, 1.165) is 16.9 Å². The smallest absolute Gasteiger partial charge is 0.335 e. The number of benzene rings is 3. The third kappa shape index (κ3) is 5.07. The Morgan fingerprint density at radius 2 is 1.60 bits per heavy atom. The molecular weight excluding hydrogens is 444 g/mol. The molecule has 0 saturated carbocycles. The van der Waals surface area contributed by atoms with E-state index in [1.165, 1.54) is 12.1 Å². The van der Waals surface area contributed by atoms with E-state index in [2.05, 4.69) is 10.6 Å². The van der Waals surface area contributed by atoms with E-state index in [4.69, 9.17) is 0 Å². The van der Waals surface area contributed by atoms with Crippen LogP contribution < -0.4 is 15.5 Å². The van der Waals surface area contributed by atoms with Crippen molar-refractivity contribution < 1.29 is 19.5 Å². The second-order valence-corrected chi connectivity index (χ2v) is 8.50.